The highest BCUT2D eigenvalue weighted by atomic mass is 16.4. The Bertz CT molecular complexity index is 540. The summed E-state index contributed by atoms with van der Waals surface area (Å²) in [6.07, 6.45) is 1.42. The molecule has 4 N–H and O–H groups in total. The van der Waals surface area contributed by atoms with E-state index in [1.54, 1.807) is 12.1 Å². The molecule has 1 aromatic rings. The molecule has 0 radical (unpaired) electrons. The SMILES string of the molecule is C=CCN(CC(=O)O)C(=O)CNC(=O)c1ccc(N)cc1. The number of carbonyl (C=O) groups is 3. The van der Waals surface area contributed by atoms with Crippen molar-refractivity contribution in [2.24, 2.45) is 0 Å². The maximum atomic E-state index is 11.8. The molecule has 21 heavy (non-hydrogen) atoms. The minimum absolute atomic E-state index is 0.100. The first kappa shape index (κ1) is 16.2. The number of benzene rings is 1. The molecule has 0 aliphatic rings. The fourth-order valence-corrected chi connectivity index (χ4v) is 1.58. The summed E-state index contributed by atoms with van der Waals surface area (Å²) in [5.74, 6) is -2.06. The van der Waals surface area contributed by atoms with Gasteiger partial charge in [-0.05, 0) is 24.3 Å². The quantitative estimate of drug-likeness (QED) is 0.487. The summed E-state index contributed by atoms with van der Waals surface area (Å²) in [6, 6.07) is 6.22. The third kappa shape index (κ3) is 5.35. The van der Waals surface area contributed by atoms with E-state index >= 15 is 0 Å². The maximum absolute atomic E-state index is 11.8. The second kappa shape index (κ2) is 7.68. The first-order chi connectivity index (χ1) is 9.93. The number of nitrogens with one attached hydrogen (secondary N) is 1. The molecule has 7 nitrogen and oxygen atoms in total. The molecule has 0 heterocycles. The molecular formula is C14H17N3O4. The van der Waals surface area contributed by atoms with Crippen LogP contribution in [0.4, 0.5) is 5.69 Å². The predicted octanol–water partition coefficient (Wildman–Crippen LogP) is 0.0978. The Morgan fingerprint density at radius 2 is 1.90 bits per heavy atom. The number of hydrogen-bond donors (Lipinski definition) is 3. The highest BCUT2D eigenvalue weighted by molar-refractivity contribution is 5.97. The van der Waals surface area contributed by atoms with Gasteiger partial charge in [-0.15, -0.1) is 6.58 Å². The Kier molecular flexibility index (Phi) is 5.94. The molecular weight excluding hydrogens is 274 g/mol. The second-order valence-corrected chi connectivity index (χ2v) is 4.26. The largest absolute Gasteiger partial charge is 0.480 e. The number of nitrogens with zero attached hydrogens (tertiary/aromatic N) is 1. The lowest BCUT2D eigenvalue weighted by molar-refractivity contribution is -0.143. The fraction of sp³-hybridized carbons (Fsp3) is 0.214. The lowest BCUT2D eigenvalue weighted by Gasteiger charge is -2.19. The predicted molar refractivity (Wildman–Crippen MR) is 77.6 cm³/mol. The zero-order valence-corrected chi connectivity index (χ0v) is 11.4. The van der Waals surface area contributed by atoms with Crippen molar-refractivity contribution in [3.63, 3.8) is 0 Å². The number of hydrogen-bond acceptors (Lipinski definition) is 4. The molecule has 0 saturated carbocycles. The zero-order chi connectivity index (χ0) is 15.8. The van der Waals surface area contributed by atoms with Crippen LogP contribution in [-0.2, 0) is 9.59 Å². The topological polar surface area (TPSA) is 113 Å². The smallest absolute Gasteiger partial charge is 0.323 e. The molecule has 1 rings (SSSR count). The molecule has 112 valence electrons. The normalized spacial score (nSPS) is 9.71. The van der Waals surface area contributed by atoms with Crippen LogP contribution in [0.25, 0.3) is 0 Å². The summed E-state index contributed by atoms with van der Waals surface area (Å²) < 4.78 is 0. The van der Waals surface area contributed by atoms with E-state index in [1.807, 2.05) is 0 Å². The molecule has 0 aromatic heterocycles. The van der Waals surface area contributed by atoms with Crippen LogP contribution in [0.1, 0.15) is 10.4 Å². The highest BCUT2D eigenvalue weighted by Gasteiger charge is 2.16. The van der Waals surface area contributed by atoms with E-state index in [4.69, 9.17) is 10.8 Å². The van der Waals surface area contributed by atoms with Gasteiger partial charge in [-0.25, -0.2) is 0 Å². The van der Waals surface area contributed by atoms with Crippen molar-refractivity contribution >= 4 is 23.5 Å². The van der Waals surface area contributed by atoms with Crippen LogP contribution in [0.15, 0.2) is 36.9 Å². The van der Waals surface area contributed by atoms with Gasteiger partial charge in [0.25, 0.3) is 5.91 Å². The zero-order valence-electron chi connectivity index (χ0n) is 11.4. The van der Waals surface area contributed by atoms with Crippen LogP contribution < -0.4 is 11.1 Å². The van der Waals surface area contributed by atoms with Crippen molar-refractivity contribution in [2.75, 3.05) is 25.4 Å². The first-order valence-electron chi connectivity index (χ1n) is 6.18. The van der Waals surface area contributed by atoms with E-state index < -0.39 is 24.3 Å². The van der Waals surface area contributed by atoms with Crippen molar-refractivity contribution in [1.82, 2.24) is 10.2 Å². The monoisotopic (exact) mass is 291 g/mol. The van der Waals surface area contributed by atoms with E-state index in [9.17, 15) is 14.4 Å². The van der Waals surface area contributed by atoms with Crippen molar-refractivity contribution < 1.29 is 19.5 Å². The minimum Gasteiger partial charge on any atom is -0.480 e. The van der Waals surface area contributed by atoms with Gasteiger partial charge in [0.15, 0.2) is 0 Å². The maximum Gasteiger partial charge on any atom is 0.323 e. The van der Waals surface area contributed by atoms with Gasteiger partial charge in [-0.1, -0.05) is 6.08 Å². The summed E-state index contributed by atoms with van der Waals surface area (Å²) in [5, 5.41) is 11.1. The summed E-state index contributed by atoms with van der Waals surface area (Å²) in [4.78, 5) is 35.4. The van der Waals surface area contributed by atoms with E-state index in [-0.39, 0.29) is 13.1 Å². The average Bonchev–Trinajstić information content (AvgIpc) is 2.44. The number of carboxylic acids is 1. The molecule has 7 heteroatoms. The summed E-state index contributed by atoms with van der Waals surface area (Å²) in [6.45, 7) is 2.83. The van der Waals surface area contributed by atoms with Gasteiger partial charge in [0.1, 0.15) is 6.54 Å². The summed E-state index contributed by atoms with van der Waals surface area (Å²) in [5.41, 5.74) is 6.41. The van der Waals surface area contributed by atoms with Crippen LogP contribution in [-0.4, -0.2) is 47.4 Å². The minimum atomic E-state index is -1.13. The van der Waals surface area contributed by atoms with Crippen LogP contribution >= 0.6 is 0 Å². The van der Waals surface area contributed by atoms with Crippen molar-refractivity contribution in [3.05, 3.63) is 42.5 Å². The highest BCUT2D eigenvalue weighted by Crippen LogP contribution is 2.05. The molecule has 2 amide bonds. The Morgan fingerprint density at radius 3 is 2.43 bits per heavy atom. The molecule has 0 aliphatic carbocycles. The number of carboxylic acid groups (broad SMARTS) is 1. The van der Waals surface area contributed by atoms with Gasteiger partial charge in [0.2, 0.25) is 5.91 Å². The Morgan fingerprint density at radius 1 is 1.29 bits per heavy atom. The van der Waals surface area contributed by atoms with Gasteiger partial charge in [-0.2, -0.15) is 0 Å². The lowest BCUT2D eigenvalue weighted by Crippen LogP contribution is -2.42. The Labute approximate surface area is 122 Å². The third-order valence-corrected chi connectivity index (χ3v) is 2.60. The Balaban J connectivity index is 2.57. The molecule has 0 unspecified atom stereocenters. The molecule has 1 aromatic carbocycles. The van der Waals surface area contributed by atoms with Crippen LogP contribution in [0.2, 0.25) is 0 Å². The van der Waals surface area contributed by atoms with Gasteiger partial charge < -0.3 is 21.1 Å². The number of amides is 2. The number of anilines is 1. The molecule has 0 spiro atoms. The van der Waals surface area contributed by atoms with Gasteiger partial charge >= 0.3 is 5.97 Å². The van der Waals surface area contributed by atoms with Gasteiger partial charge in [0.05, 0.1) is 6.54 Å². The number of nitrogens with two attached hydrogens (primary N) is 1. The fourth-order valence-electron chi connectivity index (χ4n) is 1.58. The van der Waals surface area contributed by atoms with E-state index in [0.717, 1.165) is 4.90 Å². The van der Waals surface area contributed by atoms with E-state index in [0.29, 0.717) is 11.3 Å². The first-order valence-corrected chi connectivity index (χ1v) is 6.18. The Hall–Kier alpha value is -2.83. The van der Waals surface area contributed by atoms with Crippen LogP contribution in [0.5, 0.6) is 0 Å². The van der Waals surface area contributed by atoms with Crippen molar-refractivity contribution in [2.45, 2.75) is 0 Å². The number of nitrogen functional groups attached to an aromatic ring is 1. The summed E-state index contributed by atoms with van der Waals surface area (Å²) >= 11 is 0. The molecule has 0 saturated heterocycles. The van der Waals surface area contributed by atoms with E-state index in [1.165, 1.54) is 18.2 Å². The summed E-state index contributed by atoms with van der Waals surface area (Å²) in [7, 11) is 0. The molecule has 0 bridgehead atoms. The van der Waals surface area contributed by atoms with Crippen molar-refractivity contribution in [1.29, 1.82) is 0 Å². The lowest BCUT2D eigenvalue weighted by atomic mass is 10.2. The third-order valence-electron chi connectivity index (χ3n) is 2.60. The second-order valence-electron chi connectivity index (χ2n) is 4.26. The van der Waals surface area contributed by atoms with Crippen LogP contribution in [0, 0.1) is 0 Å². The van der Waals surface area contributed by atoms with Crippen LogP contribution in [0.3, 0.4) is 0 Å². The number of rotatable bonds is 7. The van der Waals surface area contributed by atoms with Gasteiger partial charge in [0, 0.05) is 17.8 Å². The number of carbonyl (C=O) groups excluding carboxylic acids is 2. The van der Waals surface area contributed by atoms with E-state index in [2.05, 4.69) is 11.9 Å². The van der Waals surface area contributed by atoms with Gasteiger partial charge in [-0.3, -0.25) is 14.4 Å². The number of aliphatic carboxylic acids is 1. The molecule has 0 aliphatic heterocycles. The average molecular weight is 291 g/mol. The molecule has 0 fully saturated rings. The van der Waals surface area contributed by atoms with Crippen molar-refractivity contribution in [3.8, 4) is 0 Å². The molecule has 0 atom stereocenters. The standard InChI is InChI=1S/C14H17N3O4/c1-2-7-17(9-13(19)20)12(18)8-16-14(21)10-3-5-11(15)6-4-10/h2-6H,1,7-9,15H2,(H,16,21)(H,19,20).